The molecule has 1 N–H and O–H groups in total. The summed E-state index contributed by atoms with van der Waals surface area (Å²) >= 11 is 0. The predicted octanol–water partition coefficient (Wildman–Crippen LogP) is 2.98. The molecule has 3 rings (SSSR count). The summed E-state index contributed by atoms with van der Waals surface area (Å²) in [6.07, 6.45) is 6.67. The van der Waals surface area contributed by atoms with E-state index in [-0.39, 0.29) is 6.03 Å². The van der Waals surface area contributed by atoms with E-state index in [4.69, 9.17) is 4.74 Å². The van der Waals surface area contributed by atoms with E-state index in [1.807, 2.05) is 29.3 Å². The van der Waals surface area contributed by atoms with Gasteiger partial charge in [0.05, 0.1) is 12.8 Å². The minimum Gasteiger partial charge on any atom is -0.495 e. The second-order valence-electron chi connectivity index (χ2n) is 6.11. The second kappa shape index (κ2) is 7.40. The van der Waals surface area contributed by atoms with Gasteiger partial charge in [0.15, 0.2) is 0 Å². The van der Waals surface area contributed by atoms with Crippen LogP contribution in [0, 0.1) is 0 Å². The number of carbonyl (C=O) groups excluding carboxylic acids is 1. The van der Waals surface area contributed by atoms with Crippen LogP contribution in [0.25, 0.3) is 0 Å². The molecule has 5 nitrogen and oxygen atoms in total. The molecule has 0 bridgehead atoms. The number of nitrogens with one attached hydrogen (secondary N) is 1. The summed E-state index contributed by atoms with van der Waals surface area (Å²) in [6.45, 7) is 3.11. The summed E-state index contributed by atoms with van der Waals surface area (Å²) < 4.78 is 5.43. The number of hydrogen-bond acceptors (Lipinski definition) is 3. The molecule has 1 aromatic rings. The molecule has 2 aliphatic rings. The highest BCUT2D eigenvalue weighted by Crippen LogP contribution is 2.28. The predicted molar refractivity (Wildman–Crippen MR) is 91.9 cm³/mol. The number of benzene rings is 1. The average Bonchev–Trinajstić information content (AvgIpc) is 3.13. The Morgan fingerprint density at radius 3 is 2.52 bits per heavy atom. The Kier molecular flexibility index (Phi) is 5.05. The monoisotopic (exact) mass is 315 g/mol. The van der Waals surface area contributed by atoms with E-state index in [0.29, 0.717) is 0 Å². The van der Waals surface area contributed by atoms with E-state index in [1.165, 1.54) is 18.4 Å². The summed E-state index contributed by atoms with van der Waals surface area (Å²) in [5, 5.41) is 2.95. The van der Waals surface area contributed by atoms with Gasteiger partial charge in [-0.15, -0.1) is 0 Å². The van der Waals surface area contributed by atoms with E-state index < -0.39 is 0 Å². The van der Waals surface area contributed by atoms with Gasteiger partial charge >= 0.3 is 6.03 Å². The van der Waals surface area contributed by atoms with Gasteiger partial charge in [-0.05, 0) is 37.8 Å². The largest absolute Gasteiger partial charge is 0.495 e. The molecule has 0 radical (unpaired) electrons. The molecule has 2 amide bonds. The van der Waals surface area contributed by atoms with Gasteiger partial charge in [0.1, 0.15) is 5.75 Å². The molecular weight excluding hydrogens is 290 g/mol. The fourth-order valence-electron chi connectivity index (χ4n) is 3.27. The zero-order chi connectivity index (χ0) is 16.1. The number of allylic oxidation sites excluding steroid dienone is 1. The third-order valence-electron chi connectivity index (χ3n) is 4.64. The van der Waals surface area contributed by atoms with E-state index in [0.717, 1.165) is 50.5 Å². The van der Waals surface area contributed by atoms with Crippen LogP contribution in [0.15, 0.2) is 36.0 Å². The summed E-state index contributed by atoms with van der Waals surface area (Å²) in [7, 11) is 1.69. The van der Waals surface area contributed by atoms with Crippen LogP contribution in [0.5, 0.6) is 5.75 Å². The summed E-state index contributed by atoms with van der Waals surface area (Å²) in [4.78, 5) is 16.4. The van der Waals surface area contributed by atoms with E-state index >= 15 is 0 Å². The molecule has 2 fully saturated rings. The summed E-state index contributed by atoms with van der Waals surface area (Å²) in [5.41, 5.74) is 2.47. The van der Waals surface area contributed by atoms with Crippen LogP contribution in [-0.2, 0) is 0 Å². The maximum absolute atomic E-state index is 12.2. The Labute approximate surface area is 137 Å². The number of anilines is 1. The molecule has 1 saturated heterocycles. The molecule has 1 heterocycles. The third kappa shape index (κ3) is 3.78. The minimum absolute atomic E-state index is 0.0177. The Morgan fingerprint density at radius 1 is 1.13 bits per heavy atom. The zero-order valence-electron chi connectivity index (χ0n) is 13.8. The molecule has 1 aliphatic heterocycles. The first-order chi connectivity index (χ1) is 11.3. The lowest BCUT2D eigenvalue weighted by atomic mass is 10.2. The molecular formula is C18H25N3O2. The number of amides is 2. The summed E-state index contributed by atoms with van der Waals surface area (Å²) in [5.74, 6) is 0.886. The van der Waals surface area contributed by atoms with Crippen molar-refractivity contribution in [1.29, 1.82) is 0 Å². The lowest BCUT2D eigenvalue weighted by molar-refractivity contribution is 0.198. The fraction of sp³-hybridized carbons (Fsp3) is 0.500. The van der Waals surface area contributed by atoms with Gasteiger partial charge in [0.25, 0.3) is 0 Å². The van der Waals surface area contributed by atoms with Crippen LogP contribution in [0.3, 0.4) is 0 Å². The Bertz CT molecular complexity index is 569. The number of urea groups is 1. The normalized spacial score (nSPS) is 18.0. The second-order valence-corrected chi connectivity index (χ2v) is 6.11. The Hall–Kier alpha value is -2.17. The molecule has 124 valence electrons. The van der Waals surface area contributed by atoms with Crippen molar-refractivity contribution in [1.82, 2.24) is 10.2 Å². The standard InChI is InChI=1S/C18H25N3O2/c1-23-17-9-5-4-8-16(17)20-10-12-21(13-11-20)18(22)19-14-15-6-2-3-7-15/h4-5,8-9,14H,2-3,6-7,10-13H2,1H3,(H,19,22). The van der Waals surface area contributed by atoms with Crippen LogP contribution in [0.1, 0.15) is 25.7 Å². The molecule has 0 unspecified atom stereocenters. The number of methoxy groups -OCH3 is 1. The van der Waals surface area contributed by atoms with Crippen LogP contribution in [0.2, 0.25) is 0 Å². The van der Waals surface area contributed by atoms with Crippen molar-refractivity contribution in [2.24, 2.45) is 0 Å². The minimum atomic E-state index is 0.0177. The topological polar surface area (TPSA) is 44.8 Å². The number of hydrogen-bond donors (Lipinski definition) is 1. The number of para-hydroxylation sites is 2. The van der Waals surface area contributed by atoms with Crippen molar-refractivity contribution in [3.05, 3.63) is 36.0 Å². The lowest BCUT2D eigenvalue weighted by Gasteiger charge is -2.36. The van der Waals surface area contributed by atoms with Crippen LogP contribution < -0.4 is 15.0 Å². The van der Waals surface area contributed by atoms with Gasteiger partial charge in [0, 0.05) is 32.4 Å². The first kappa shape index (κ1) is 15.7. The molecule has 1 aliphatic carbocycles. The van der Waals surface area contributed by atoms with Crippen molar-refractivity contribution < 1.29 is 9.53 Å². The average molecular weight is 315 g/mol. The number of piperazine rings is 1. The number of carbonyl (C=O) groups is 1. The highest BCUT2D eigenvalue weighted by molar-refractivity contribution is 5.75. The van der Waals surface area contributed by atoms with Crippen molar-refractivity contribution in [2.45, 2.75) is 25.7 Å². The van der Waals surface area contributed by atoms with Gasteiger partial charge in [-0.25, -0.2) is 4.79 Å². The lowest BCUT2D eigenvalue weighted by Crippen LogP contribution is -2.51. The van der Waals surface area contributed by atoms with Crippen LogP contribution >= 0.6 is 0 Å². The van der Waals surface area contributed by atoms with Gasteiger partial charge in [-0.1, -0.05) is 17.7 Å². The first-order valence-corrected chi connectivity index (χ1v) is 8.39. The van der Waals surface area contributed by atoms with E-state index in [1.54, 1.807) is 7.11 Å². The maximum atomic E-state index is 12.2. The molecule has 0 aromatic heterocycles. The molecule has 1 aromatic carbocycles. The Morgan fingerprint density at radius 2 is 1.83 bits per heavy atom. The van der Waals surface area contributed by atoms with Gasteiger partial charge in [0.2, 0.25) is 0 Å². The SMILES string of the molecule is COc1ccccc1N1CCN(C(=O)NC=C2CCCC2)CC1. The van der Waals surface area contributed by atoms with Crippen molar-refractivity contribution >= 4 is 11.7 Å². The van der Waals surface area contributed by atoms with E-state index in [9.17, 15) is 4.79 Å². The molecule has 0 spiro atoms. The molecule has 5 heteroatoms. The van der Waals surface area contributed by atoms with Gasteiger partial charge < -0.3 is 19.9 Å². The Balaban J connectivity index is 1.53. The van der Waals surface area contributed by atoms with Crippen molar-refractivity contribution in [2.75, 3.05) is 38.2 Å². The zero-order valence-corrected chi connectivity index (χ0v) is 13.8. The quantitative estimate of drug-likeness (QED) is 0.932. The van der Waals surface area contributed by atoms with Crippen LogP contribution in [-0.4, -0.2) is 44.2 Å². The number of nitrogens with zero attached hydrogens (tertiary/aromatic N) is 2. The highest BCUT2D eigenvalue weighted by Gasteiger charge is 2.22. The smallest absolute Gasteiger partial charge is 0.321 e. The van der Waals surface area contributed by atoms with Gasteiger partial charge in [-0.2, -0.15) is 0 Å². The van der Waals surface area contributed by atoms with Crippen LogP contribution in [0.4, 0.5) is 10.5 Å². The van der Waals surface area contributed by atoms with Crippen molar-refractivity contribution in [3.8, 4) is 5.75 Å². The van der Waals surface area contributed by atoms with E-state index in [2.05, 4.69) is 16.3 Å². The number of rotatable bonds is 3. The third-order valence-corrected chi connectivity index (χ3v) is 4.64. The summed E-state index contributed by atoms with van der Waals surface area (Å²) in [6, 6.07) is 8.05. The van der Waals surface area contributed by atoms with Gasteiger partial charge in [-0.3, -0.25) is 0 Å². The van der Waals surface area contributed by atoms with Crippen molar-refractivity contribution in [3.63, 3.8) is 0 Å². The fourth-order valence-corrected chi connectivity index (χ4v) is 3.27. The molecule has 0 atom stereocenters. The highest BCUT2D eigenvalue weighted by atomic mass is 16.5. The molecule has 23 heavy (non-hydrogen) atoms. The first-order valence-electron chi connectivity index (χ1n) is 8.39. The maximum Gasteiger partial charge on any atom is 0.321 e. The molecule has 1 saturated carbocycles. The number of ether oxygens (including phenoxy) is 1.